The van der Waals surface area contributed by atoms with E-state index in [0.717, 1.165) is 11.4 Å². The van der Waals surface area contributed by atoms with Crippen LogP contribution in [0, 0.1) is 0 Å². The Hall–Kier alpha value is -1.63. The molecule has 1 heterocycles. The van der Waals surface area contributed by atoms with Crippen molar-refractivity contribution in [3.8, 4) is 5.75 Å². The van der Waals surface area contributed by atoms with Gasteiger partial charge in [-0.15, -0.1) is 23.5 Å². The molecule has 1 amide bonds. The minimum absolute atomic E-state index is 0.107. The Balaban J connectivity index is 1.59. The highest BCUT2D eigenvalue weighted by Gasteiger charge is 2.18. The number of nitrogens with one attached hydrogen (secondary N) is 1. The molecule has 3 rings (SSSR count). The Morgan fingerprint density at radius 2 is 1.75 bits per heavy atom. The highest BCUT2D eigenvalue weighted by Crippen LogP contribution is 2.45. The first kappa shape index (κ1) is 17.2. The molecule has 1 fully saturated rings. The van der Waals surface area contributed by atoms with Crippen molar-refractivity contribution in [1.29, 1.82) is 0 Å². The fraction of sp³-hybridized carbons (Fsp3) is 0.278. The quantitative estimate of drug-likeness (QED) is 0.821. The van der Waals surface area contributed by atoms with Gasteiger partial charge in [0.05, 0.1) is 4.58 Å². The lowest BCUT2D eigenvalue weighted by Gasteiger charge is -2.10. The molecular formula is C18H20N2O2S2. The summed E-state index contributed by atoms with van der Waals surface area (Å²) in [5, 5.41) is 2.90. The van der Waals surface area contributed by atoms with Gasteiger partial charge in [-0.25, -0.2) is 0 Å². The number of benzene rings is 2. The predicted molar refractivity (Wildman–Crippen MR) is 103 cm³/mol. The lowest BCUT2D eigenvalue weighted by molar-refractivity contribution is 0.102. The van der Waals surface area contributed by atoms with Gasteiger partial charge in [-0.05, 0) is 42.0 Å². The zero-order valence-electron chi connectivity index (χ0n) is 13.2. The molecule has 24 heavy (non-hydrogen) atoms. The van der Waals surface area contributed by atoms with Crippen LogP contribution in [-0.2, 0) is 0 Å². The van der Waals surface area contributed by atoms with Gasteiger partial charge < -0.3 is 15.8 Å². The molecule has 1 aliphatic heterocycles. The molecular weight excluding hydrogens is 340 g/mol. The number of nitrogens with two attached hydrogens (primary N) is 1. The number of hydrogen-bond donors (Lipinski definition) is 2. The molecule has 2 aromatic carbocycles. The van der Waals surface area contributed by atoms with Gasteiger partial charge in [0.1, 0.15) is 12.4 Å². The number of thioether (sulfide) groups is 2. The molecule has 4 nitrogen and oxygen atoms in total. The summed E-state index contributed by atoms with van der Waals surface area (Å²) in [6.07, 6.45) is 0. The normalized spacial score (nSPS) is 14.5. The van der Waals surface area contributed by atoms with Crippen LogP contribution < -0.4 is 15.8 Å². The molecule has 0 spiro atoms. The Morgan fingerprint density at radius 3 is 2.38 bits per heavy atom. The number of carbonyl (C=O) groups excluding carboxylic acids is 1. The highest BCUT2D eigenvalue weighted by atomic mass is 32.2. The van der Waals surface area contributed by atoms with Crippen LogP contribution in [0.2, 0.25) is 0 Å². The SMILES string of the molecule is NCCOc1ccc(NC(=O)c2ccc(C3SCCS3)cc2)cc1. The van der Waals surface area contributed by atoms with Crippen molar-refractivity contribution in [1.82, 2.24) is 0 Å². The van der Waals surface area contributed by atoms with Crippen LogP contribution in [0.3, 0.4) is 0 Å². The summed E-state index contributed by atoms with van der Waals surface area (Å²) >= 11 is 3.92. The second-order valence-electron chi connectivity index (χ2n) is 5.31. The summed E-state index contributed by atoms with van der Waals surface area (Å²) in [6.45, 7) is 0.960. The van der Waals surface area contributed by atoms with Crippen molar-refractivity contribution >= 4 is 35.1 Å². The van der Waals surface area contributed by atoms with Crippen LogP contribution in [0.15, 0.2) is 48.5 Å². The van der Waals surface area contributed by atoms with E-state index in [4.69, 9.17) is 10.5 Å². The zero-order chi connectivity index (χ0) is 16.8. The average Bonchev–Trinajstić information content (AvgIpc) is 3.16. The lowest BCUT2D eigenvalue weighted by atomic mass is 10.1. The van der Waals surface area contributed by atoms with Crippen molar-refractivity contribution < 1.29 is 9.53 Å². The fourth-order valence-corrected chi connectivity index (χ4v) is 5.22. The van der Waals surface area contributed by atoms with E-state index in [1.165, 1.54) is 17.1 Å². The first-order chi connectivity index (χ1) is 11.8. The molecule has 0 unspecified atom stereocenters. The molecule has 6 heteroatoms. The molecule has 126 valence electrons. The monoisotopic (exact) mass is 360 g/mol. The van der Waals surface area contributed by atoms with Crippen molar-refractivity contribution in [2.24, 2.45) is 5.73 Å². The van der Waals surface area contributed by atoms with E-state index in [1.54, 1.807) is 0 Å². The number of rotatable bonds is 6. The molecule has 0 aromatic heterocycles. The Labute approximate surface area is 150 Å². The smallest absolute Gasteiger partial charge is 0.255 e. The summed E-state index contributed by atoms with van der Waals surface area (Å²) in [4.78, 5) is 12.3. The van der Waals surface area contributed by atoms with E-state index in [2.05, 4.69) is 17.4 Å². The van der Waals surface area contributed by atoms with Gasteiger partial charge in [-0.3, -0.25) is 4.79 Å². The molecule has 0 bridgehead atoms. The van der Waals surface area contributed by atoms with Crippen LogP contribution in [-0.4, -0.2) is 30.6 Å². The molecule has 0 saturated carbocycles. The number of hydrogen-bond acceptors (Lipinski definition) is 5. The van der Waals surface area contributed by atoms with Crippen molar-refractivity contribution in [3.05, 3.63) is 59.7 Å². The van der Waals surface area contributed by atoms with Gasteiger partial charge >= 0.3 is 0 Å². The highest BCUT2D eigenvalue weighted by molar-refractivity contribution is 8.19. The fourth-order valence-electron chi connectivity index (χ4n) is 2.36. The van der Waals surface area contributed by atoms with Crippen LogP contribution in [0.4, 0.5) is 5.69 Å². The molecule has 1 aliphatic rings. The predicted octanol–water partition coefficient (Wildman–Crippen LogP) is 3.76. The second kappa shape index (κ2) is 8.46. The van der Waals surface area contributed by atoms with E-state index in [9.17, 15) is 4.79 Å². The Morgan fingerprint density at radius 1 is 1.08 bits per heavy atom. The third kappa shape index (κ3) is 4.47. The number of anilines is 1. The van der Waals surface area contributed by atoms with E-state index >= 15 is 0 Å². The van der Waals surface area contributed by atoms with Gasteiger partial charge in [0.25, 0.3) is 5.91 Å². The maximum Gasteiger partial charge on any atom is 0.255 e. The molecule has 0 radical (unpaired) electrons. The molecule has 3 N–H and O–H groups in total. The maximum atomic E-state index is 12.3. The molecule has 0 aliphatic carbocycles. The average molecular weight is 361 g/mol. The zero-order valence-corrected chi connectivity index (χ0v) is 14.9. The maximum absolute atomic E-state index is 12.3. The standard InChI is InChI=1S/C18H20N2O2S2/c19-9-10-22-16-7-5-15(6-8-16)20-17(21)13-1-3-14(4-2-13)18-23-11-12-24-18/h1-8,18H,9-12,19H2,(H,20,21). The van der Waals surface area contributed by atoms with E-state index in [-0.39, 0.29) is 5.91 Å². The van der Waals surface area contributed by atoms with Crippen LogP contribution in [0.1, 0.15) is 20.5 Å². The number of carbonyl (C=O) groups is 1. The molecule has 0 atom stereocenters. The largest absolute Gasteiger partial charge is 0.492 e. The summed E-state index contributed by atoms with van der Waals surface area (Å²) in [5.41, 5.74) is 8.08. The Bertz CT molecular complexity index is 668. The third-order valence-electron chi connectivity index (χ3n) is 3.57. The van der Waals surface area contributed by atoms with Crippen molar-refractivity contribution in [3.63, 3.8) is 0 Å². The minimum Gasteiger partial charge on any atom is -0.492 e. The van der Waals surface area contributed by atoms with Gasteiger partial charge in [0, 0.05) is 29.3 Å². The summed E-state index contributed by atoms with van der Waals surface area (Å²) < 4.78 is 5.92. The van der Waals surface area contributed by atoms with Crippen LogP contribution >= 0.6 is 23.5 Å². The first-order valence-electron chi connectivity index (χ1n) is 7.84. The van der Waals surface area contributed by atoms with Crippen LogP contribution in [0.5, 0.6) is 5.75 Å². The first-order valence-corrected chi connectivity index (χ1v) is 9.93. The number of ether oxygens (including phenoxy) is 1. The van der Waals surface area contributed by atoms with Crippen molar-refractivity contribution in [2.45, 2.75) is 4.58 Å². The van der Waals surface area contributed by atoms with Gasteiger partial charge in [0.15, 0.2) is 0 Å². The van der Waals surface area contributed by atoms with Crippen LogP contribution in [0.25, 0.3) is 0 Å². The summed E-state index contributed by atoms with van der Waals surface area (Å²) in [5.74, 6) is 3.03. The van der Waals surface area contributed by atoms with E-state index in [1.807, 2.05) is 59.9 Å². The van der Waals surface area contributed by atoms with Gasteiger partial charge in [0.2, 0.25) is 0 Å². The van der Waals surface area contributed by atoms with Crippen molar-refractivity contribution in [2.75, 3.05) is 30.0 Å². The molecule has 2 aromatic rings. The lowest BCUT2D eigenvalue weighted by Crippen LogP contribution is -2.12. The number of amides is 1. The van der Waals surface area contributed by atoms with Gasteiger partial charge in [-0.1, -0.05) is 12.1 Å². The van der Waals surface area contributed by atoms with Gasteiger partial charge in [-0.2, -0.15) is 0 Å². The third-order valence-corrected chi connectivity index (χ3v) is 6.67. The second-order valence-corrected chi connectivity index (χ2v) is 8.04. The Kier molecular flexibility index (Phi) is 6.07. The van der Waals surface area contributed by atoms with E-state index < -0.39 is 0 Å². The topological polar surface area (TPSA) is 64.3 Å². The summed E-state index contributed by atoms with van der Waals surface area (Å²) in [7, 11) is 0. The summed E-state index contributed by atoms with van der Waals surface area (Å²) in [6, 6.07) is 15.2. The molecule has 1 saturated heterocycles. The van der Waals surface area contributed by atoms with E-state index in [0.29, 0.717) is 23.3 Å². The minimum atomic E-state index is -0.107.